The maximum absolute atomic E-state index is 12.4. The van der Waals surface area contributed by atoms with Gasteiger partial charge >= 0.3 is 0 Å². The van der Waals surface area contributed by atoms with Crippen LogP contribution in [0.1, 0.15) is 25.7 Å². The van der Waals surface area contributed by atoms with Crippen molar-refractivity contribution in [3.63, 3.8) is 0 Å². The maximum atomic E-state index is 12.4. The molecule has 4 rings (SSSR count). The first-order valence-corrected chi connectivity index (χ1v) is 8.70. The van der Waals surface area contributed by atoms with Gasteiger partial charge in [-0.3, -0.25) is 4.79 Å². The second-order valence-electron chi connectivity index (χ2n) is 6.75. The standard InChI is InChI=1S/C20H22N2O3.ClH/c1-24-19-10-14-13-6-2-3-8-17(13)25-18(14)11-16(19)22-20(23)9-12-5-4-7-15(12)21;/h2-3,6,8,10-12,15H,4-5,7,9,21H2,1H3,(H,22,23);1H/t12-,15+;/m0./s1. The largest absolute Gasteiger partial charge is 0.495 e. The highest BCUT2D eigenvalue weighted by Crippen LogP contribution is 2.36. The van der Waals surface area contributed by atoms with E-state index in [-0.39, 0.29) is 30.3 Å². The number of halogens is 1. The number of fused-ring (bicyclic) bond motifs is 3. The molecule has 0 spiro atoms. The van der Waals surface area contributed by atoms with Crippen LogP contribution in [0.4, 0.5) is 5.69 Å². The van der Waals surface area contributed by atoms with Crippen molar-refractivity contribution in [2.45, 2.75) is 31.7 Å². The molecule has 6 heteroatoms. The van der Waals surface area contributed by atoms with Crippen LogP contribution in [0.5, 0.6) is 5.75 Å². The SMILES string of the molecule is COc1cc2c(cc1NC(=O)C[C@@H]1CCC[C@H]1N)oc1ccccc12.Cl. The second kappa shape index (κ2) is 7.56. The van der Waals surface area contributed by atoms with E-state index < -0.39 is 0 Å². The van der Waals surface area contributed by atoms with E-state index in [2.05, 4.69) is 5.32 Å². The first-order valence-electron chi connectivity index (χ1n) is 8.70. The number of ether oxygens (including phenoxy) is 1. The summed E-state index contributed by atoms with van der Waals surface area (Å²) in [6.45, 7) is 0. The van der Waals surface area contributed by atoms with Crippen LogP contribution in [-0.4, -0.2) is 19.1 Å². The van der Waals surface area contributed by atoms with E-state index in [0.29, 0.717) is 17.9 Å². The summed E-state index contributed by atoms with van der Waals surface area (Å²) in [5.74, 6) is 0.861. The Kier molecular flexibility index (Phi) is 5.39. The van der Waals surface area contributed by atoms with Crippen LogP contribution in [0.25, 0.3) is 21.9 Å². The Morgan fingerprint density at radius 3 is 2.77 bits per heavy atom. The monoisotopic (exact) mass is 374 g/mol. The Morgan fingerprint density at radius 2 is 2.04 bits per heavy atom. The first-order chi connectivity index (χ1) is 12.2. The van der Waals surface area contributed by atoms with Gasteiger partial charge in [0.05, 0.1) is 12.8 Å². The van der Waals surface area contributed by atoms with Crippen LogP contribution in [0, 0.1) is 5.92 Å². The summed E-state index contributed by atoms with van der Waals surface area (Å²) in [6.07, 6.45) is 3.58. The lowest BCUT2D eigenvalue weighted by Crippen LogP contribution is -2.28. The number of furan rings is 1. The second-order valence-corrected chi connectivity index (χ2v) is 6.75. The fourth-order valence-electron chi connectivity index (χ4n) is 3.78. The molecule has 2 atom stereocenters. The molecular formula is C20H23ClN2O3. The minimum Gasteiger partial charge on any atom is -0.495 e. The molecule has 0 saturated heterocycles. The van der Waals surface area contributed by atoms with Crippen molar-refractivity contribution < 1.29 is 13.9 Å². The summed E-state index contributed by atoms with van der Waals surface area (Å²) in [5, 5.41) is 4.97. The first kappa shape index (κ1) is 18.5. The third-order valence-electron chi connectivity index (χ3n) is 5.14. The molecular weight excluding hydrogens is 352 g/mol. The van der Waals surface area contributed by atoms with Gasteiger partial charge in [-0.2, -0.15) is 0 Å². The quantitative estimate of drug-likeness (QED) is 0.706. The van der Waals surface area contributed by atoms with Crippen LogP contribution in [0.2, 0.25) is 0 Å². The van der Waals surface area contributed by atoms with E-state index in [1.807, 2.05) is 36.4 Å². The van der Waals surface area contributed by atoms with Gasteiger partial charge < -0.3 is 20.2 Å². The molecule has 0 aliphatic heterocycles. The highest BCUT2D eigenvalue weighted by Gasteiger charge is 2.26. The Balaban J connectivity index is 0.00000196. The van der Waals surface area contributed by atoms with Gasteiger partial charge in [-0.05, 0) is 30.9 Å². The third kappa shape index (κ3) is 3.37. The highest BCUT2D eigenvalue weighted by atomic mass is 35.5. The number of hydrogen-bond acceptors (Lipinski definition) is 4. The Morgan fingerprint density at radius 1 is 1.23 bits per heavy atom. The van der Waals surface area contributed by atoms with Crippen LogP contribution in [0.3, 0.4) is 0 Å². The van der Waals surface area contributed by atoms with Crippen molar-refractivity contribution in [2.24, 2.45) is 11.7 Å². The molecule has 1 fully saturated rings. The third-order valence-corrected chi connectivity index (χ3v) is 5.14. The highest BCUT2D eigenvalue weighted by molar-refractivity contribution is 6.07. The van der Waals surface area contributed by atoms with E-state index in [0.717, 1.165) is 41.2 Å². The zero-order chi connectivity index (χ0) is 17.4. The lowest BCUT2D eigenvalue weighted by Gasteiger charge is -2.16. The molecule has 1 aromatic heterocycles. The summed E-state index contributed by atoms with van der Waals surface area (Å²) in [6, 6.07) is 11.7. The zero-order valence-corrected chi connectivity index (χ0v) is 15.5. The summed E-state index contributed by atoms with van der Waals surface area (Å²) < 4.78 is 11.4. The number of para-hydroxylation sites is 1. The molecule has 1 aliphatic carbocycles. The van der Waals surface area contributed by atoms with Crippen molar-refractivity contribution >= 4 is 45.9 Å². The van der Waals surface area contributed by atoms with Crippen molar-refractivity contribution in [3.8, 4) is 5.75 Å². The number of carbonyl (C=O) groups excluding carboxylic acids is 1. The van der Waals surface area contributed by atoms with Crippen molar-refractivity contribution in [1.82, 2.24) is 0 Å². The Hall–Kier alpha value is -2.24. The Labute approximate surface area is 158 Å². The number of amides is 1. The predicted octanol–water partition coefficient (Wildman–Crippen LogP) is 4.47. The van der Waals surface area contributed by atoms with E-state index in [9.17, 15) is 4.79 Å². The van der Waals surface area contributed by atoms with Gasteiger partial charge in [-0.15, -0.1) is 12.4 Å². The fourth-order valence-corrected chi connectivity index (χ4v) is 3.78. The topological polar surface area (TPSA) is 77.5 Å². The summed E-state index contributed by atoms with van der Waals surface area (Å²) in [7, 11) is 1.60. The van der Waals surface area contributed by atoms with Crippen molar-refractivity contribution in [3.05, 3.63) is 36.4 Å². The number of anilines is 1. The number of nitrogens with one attached hydrogen (secondary N) is 1. The van der Waals surface area contributed by atoms with Crippen molar-refractivity contribution in [2.75, 3.05) is 12.4 Å². The number of nitrogens with two attached hydrogens (primary N) is 1. The van der Waals surface area contributed by atoms with Crippen LogP contribution >= 0.6 is 12.4 Å². The lowest BCUT2D eigenvalue weighted by atomic mass is 10.00. The molecule has 5 nitrogen and oxygen atoms in total. The molecule has 2 aromatic carbocycles. The van der Waals surface area contributed by atoms with E-state index >= 15 is 0 Å². The smallest absolute Gasteiger partial charge is 0.224 e. The molecule has 0 radical (unpaired) electrons. The maximum Gasteiger partial charge on any atom is 0.224 e. The molecule has 1 saturated carbocycles. The van der Waals surface area contributed by atoms with Gasteiger partial charge in [0.25, 0.3) is 0 Å². The Bertz CT molecular complexity index is 937. The van der Waals surface area contributed by atoms with Gasteiger partial charge in [0.1, 0.15) is 16.9 Å². The average molecular weight is 375 g/mol. The number of benzene rings is 2. The van der Waals surface area contributed by atoms with Gasteiger partial charge in [0.2, 0.25) is 5.91 Å². The average Bonchev–Trinajstić information content (AvgIpc) is 3.17. The van der Waals surface area contributed by atoms with E-state index in [4.69, 9.17) is 14.9 Å². The molecule has 1 heterocycles. The van der Waals surface area contributed by atoms with Gasteiger partial charge in [0, 0.05) is 29.3 Å². The number of methoxy groups -OCH3 is 1. The fraction of sp³-hybridized carbons (Fsp3) is 0.350. The molecule has 3 aromatic rings. The number of hydrogen-bond donors (Lipinski definition) is 2. The zero-order valence-electron chi connectivity index (χ0n) is 14.7. The molecule has 1 aliphatic rings. The van der Waals surface area contributed by atoms with E-state index in [1.54, 1.807) is 7.11 Å². The van der Waals surface area contributed by atoms with Crippen molar-refractivity contribution in [1.29, 1.82) is 0 Å². The molecule has 138 valence electrons. The van der Waals surface area contributed by atoms with Gasteiger partial charge in [0.15, 0.2) is 0 Å². The molecule has 0 unspecified atom stereocenters. The van der Waals surface area contributed by atoms with E-state index in [1.165, 1.54) is 0 Å². The summed E-state index contributed by atoms with van der Waals surface area (Å²) in [4.78, 5) is 12.4. The lowest BCUT2D eigenvalue weighted by molar-refractivity contribution is -0.117. The summed E-state index contributed by atoms with van der Waals surface area (Å²) >= 11 is 0. The van der Waals surface area contributed by atoms with Crippen LogP contribution < -0.4 is 15.8 Å². The van der Waals surface area contributed by atoms with Gasteiger partial charge in [-0.25, -0.2) is 0 Å². The minimum absolute atomic E-state index is 0. The summed E-state index contributed by atoms with van der Waals surface area (Å²) in [5.41, 5.74) is 8.26. The molecule has 0 bridgehead atoms. The number of carbonyl (C=O) groups is 1. The molecule has 3 N–H and O–H groups in total. The van der Waals surface area contributed by atoms with Gasteiger partial charge in [-0.1, -0.05) is 24.6 Å². The van der Waals surface area contributed by atoms with Crippen LogP contribution in [0.15, 0.2) is 40.8 Å². The molecule has 26 heavy (non-hydrogen) atoms. The predicted molar refractivity (Wildman–Crippen MR) is 106 cm³/mol. The number of rotatable bonds is 4. The normalized spacial score (nSPS) is 19.5. The van der Waals surface area contributed by atoms with Crippen LogP contribution in [-0.2, 0) is 4.79 Å². The minimum atomic E-state index is -0.0314. The molecule has 1 amide bonds.